The van der Waals surface area contributed by atoms with Gasteiger partial charge < -0.3 is 9.47 Å². The van der Waals surface area contributed by atoms with Gasteiger partial charge in [-0.15, -0.1) is 0 Å². The lowest BCUT2D eigenvalue weighted by molar-refractivity contribution is -0.396. The van der Waals surface area contributed by atoms with Crippen LogP contribution in [0.15, 0.2) is 0 Å². The van der Waals surface area contributed by atoms with E-state index in [1.807, 2.05) is 0 Å². The van der Waals surface area contributed by atoms with E-state index < -0.39 is 36.8 Å². The number of unbranched alkanes of at least 4 members (excludes halogenated alkanes) is 5. The Balaban J connectivity index is 2.15. The number of hydrogen-bond donors (Lipinski definition) is 0. The highest BCUT2D eigenvalue weighted by molar-refractivity contribution is 5.00. The van der Waals surface area contributed by atoms with Crippen LogP contribution >= 0.6 is 0 Å². The molecule has 11 heteroatoms. The predicted molar refractivity (Wildman–Crippen MR) is 87.6 cm³/mol. The molecular weight excluding hydrogens is 419 g/mol. The van der Waals surface area contributed by atoms with E-state index in [9.17, 15) is 39.5 Å². The van der Waals surface area contributed by atoms with Crippen molar-refractivity contribution in [2.24, 2.45) is 0 Å². The Kier molecular flexibility index (Phi) is 10.0. The molecule has 0 aromatic carbocycles. The third-order valence-electron chi connectivity index (χ3n) is 4.82. The molecule has 0 radical (unpaired) electrons. The van der Waals surface area contributed by atoms with E-state index in [0.29, 0.717) is 38.9 Å². The molecule has 2 nitrogen and oxygen atoms in total. The topological polar surface area (TPSA) is 18.5 Å². The van der Waals surface area contributed by atoms with Crippen molar-refractivity contribution in [2.75, 3.05) is 19.8 Å². The normalized spacial score (nSPS) is 19.6. The molecule has 1 aliphatic heterocycles. The van der Waals surface area contributed by atoms with Gasteiger partial charge in [-0.25, -0.2) is 0 Å². The van der Waals surface area contributed by atoms with Gasteiger partial charge in [0, 0.05) is 19.6 Å². The minimum Gasteiger partial charge on any atom is -0.379 e. The minimum absolute atomic E-state index is 0.0278. The molecule has 1 atom stereocenters. The molecule has 0 aromatic rings. The van der Waals surface area contributed by atoms with Gasteiger partial charge >= 0.3 is 23.9 Å². The van der Waals surface area contributed by atoms with Crippen LogP contribution in [0.4, 0.5) is 39.5 Å². The van der Waals surface area contributed by atoms with Crippen LogP contribution in [0.1, 0.15) is 64.2 Å². The van der Waals surface area contributed by atoms with Gasteiger partial charge in [0.25, 0.3) is 0 Å². The first-order valence-corrected chi connectivity index (χ1v) is 9.72. The summed E-state index contributed by atoms with van der Waals surface area (Å²) in [5.41, 5.74) is 0. The average molecular weight is 446 g/mol. The maximum Gasteiger partial charge on any atom is 0.460 e. The molecule has 0 saturated carbocycles. The lowest BCUT2D eigenvalue weighted by Gasteiger charge is -2.33. The Morgan fingerprint density at radius 2 is 1.31 bits per heavy atom. The maximum absolute atomic E-state index is 13.3. The second-order valence-corrected chi connectivity index (χ2v) is 7.29. The Morgan fingerprint density at radius 1 is 0.724 bits per heavy atom. The summed E-state index contributed by atoms with van der Waals surface area (Å²) >= 11 is 0. The lowest BCUT2D eigenvalue weighted by atomic mass is 9.98. The first-order valence-electron chi connectivity index (χ1n) is 9.72. The van der Waals surface area contributed by atoms with Gasteiger partial charge in [0.15, 0.2) is 0 Å². The lowest BCUT2D eigenvalue weighted by Crippen LogP contribution is -2.60. The van der Waals surface area contributed by atoms with Crippen LogP contribution in [0.5, 0.6) is 0 Å². The van der Waals surface area contributed by atoms with Crippen LogP contribution < -0.4 is 0 Å². The van der Waals surface area contributed by atoms with Gasteiger partial charge in [0.05, 0.1) is 12.7 Å². The highest BCUT2D eigenvalue weighted by Crippen LogP contribution is 2.54. The van der Waals surface area contributed by atoms with Crippen LogP contribution in [0.3, 0.4) is 0 Å². The third-order valence-corrected chi connectivity index (χ3v) is 4.82. The van der Waals surface area contributed by atoms with E-state index in [1.54, 1.807) is 0 Å². The smallest absolute Gasteiger partial charge is 0.379 e. The van der Waals surface area contributed by atoms with E-state index >= 15 is 0 Å². The largest absolute Gasteiger partial charge is 0.460 e. The average Bonchev–Trinajstić information content (AvgIpc) is 2.62. The molecule has 0 spiro atoms. The van der Waals surface area contributed by atoms with Gasteiger partial charge in [-0.05, 0) is 32.1 Å². The van der Waals surface area contributed by atoms with Crippen molar-refractivity contribution in [2.45, 2.75) is 94.3 Å². The molecule has 1 heterocycles. The summed E-state index contributed by atoms with van der Waals surface area (Å²) in [4.78, 5) is 0. The third kappa shape index (κ3) is 7.48. The van der Waals surface area contributed by atoms with Crippen molar-refractivity contribution in [3.8, 4) is 0 Å². The Hall–Kier alpha value is -0.710. The second-order valence-electron chi connectivity index (χ2n) is 7.29. The summed E-state index contributed by atoms with van der Waals surface area (Å²) in [7, 11) is 0. The van der Waals surface area contributed by atoms with Crippen LogP contribution in [0, 0.1) is 0 Å². The van der Waals surface area contributed by atoms with Gasteiger partial charge in [-0.2, -0.15) is 39.5 Å². The van der Waals surface area contributed by atoms with E-state index in [1.165, 1.54) is 0 Å². The summed E-state index contributed by atoms with van der Waals surface area (Å²) in [5.74, 6) is -18.8. The molecule has 1 aliphatic rings. The second kappa shape index (κ2) is 11.1. The number of ether oxygens (including phenoxy) is 2. The quantitative estimate of drug-likeness (QED) is 0.230. The van der Waals surface area contributed by atoms with Crippen molar-refractivity contribution in [3.63, 3.8) is 0 Å². The molecule has 0 aromatic heterocycles. The Bertz CT molecular complexity index is 461. The maximum atomic E-state index is 13.3. The molecule has 0 N–H and O–H groups in total. The zero-order valence-corrected chi connectivity index (χ0v) is 16.0. The van der Waals surface area contributed by atoms with Crippen molar-refractivity contribution < 1.29 is 49.0 Å². The Morgan fingerprint density at radius 3 is 1.86 bits per heavy atom. The van der Waals surface area contributed by atoms with Crippen molar-refractivity contribution in [3.05, 3.63) is 0 Å². The highest BCUT2D eigenvalue weighted by atomic mass is 19.4. The van der Waals surface area contributed by atoms with Crippen LogP contribution in [0.2, 0.25) is 0 Å². The SMILES string of the molecule is FC(F)(F)C(F)(F)C(F)(F)C(F)(F)CCCCCCCCOCC1CCCCO1. The summed E-state index contributed by atoms with van der Waals surface area (Å²) in [5, 5.41) is 0. The van der Waals surface area contributed by atoms with E-state index in [0.717, 1.165) is 25.9 Å². The van der Waals surface area contributed by atoms with E-state index in [-0.39, 0.29) is 12.5 Å². The highest BCUT2D eigenvalue weighted by Gasteiger charge is 2.81. The van der Waals surface area contributed by atoms with Gasteiger partial charge in [-0.3, -0.25) is 0 Å². The molecule has 0 amide bonds. The number of alkyl halides is 9. The predicted octanol–water partition coefficient (Wildman–Crippen LogP) is 6.77. The fourth-order valence-electron chi connectivity index (χ4n) is 2.98. The van der Waals surface area contributed by atoms with Gasteiger partial charge in [-0.1, -0.05) is 25.7 Å². The minimum atomic E-state index is -6.80. The van der Waals surface area contributed by atoms with Crippen molar-refractivity contribution >= 4 is 0 Å². The Labute approximate surface area is 164 Å². The molecule has 1 saturated heterocycles. The van der Waals surface area contributed by atoms with Gasteiger partial charge in [0.1, 0.15) is 0 Å². The number of rotatable bonds is 13. The van der Waals surface area contributed by atoms with Gasteiger partial charge in [0.2, 0.25) is 0 Å². The van der Waals surface area contributed by atoms with Crippen molar-refractivity contribution in [1.82, 2.24) is 0 Å². The van der Waals surface area contributed by atoms with E-state index in [4.69, 9.17) is 9.47 Å². The first kappa shape index (κ1) is 26.3. The number of hydrogen-bond acceptors (Lipinski definition) is 2. The molecular formula is C18H27F9O2. The van der Waals surface area contributed by atoms with E-state index in [2.05, 4.69) is 0 Å². The van der Waals surface area contributed by atoms with Crippen LogP contribution in [-0.2, 0) is 9.47 Å². The fraction of sp³-hybridized carbons (Fsp3) is 1.00. The van der Waals surface area contributed by atoms with Crippen LogP contribution in [0.25, 0.3) is 0 Å². The molecule has 1 fully saturated rings. The fourth-order valence-corrected chi connectivity index (χ4v) is 2.98. The zero-order chi connectivity index (χ0) is 22.2. The summed E-state index contributed by atoms with van der Waals surface area (Å²) in [6, 6.07) is 0. The molecule has 0 bridgehead atoms. The van der Waals surface area contributed by atoms with Crippen molar-refractivity contribution in [1.29, 1.82) is 0 Å². The molecule has 0 aliphatic carbocycles. The summed E-state index contributed by atoms with van der Waals surface area (Å²) < 4.78 is 125. The summed E-state index contributed by atoms with van der Waals surface area (Å²) in [6.45, 7) is 1.73. The monoisotopic (exact) mass is 446 g/mol. The molecule has 174 valence electrons. The zero-order valence-electron chi connectivity index (χ0n) is 16.0. The number of halogens is 9. The first-order chi connectivity index (χ1) is 13.3. The molecule has 29 heavy (non-hydrogen) atoms. The summed E-state index contributed by atoms with van der Waals surface area (Å²) in [6.07, 6.45) is -3.46. The molecule has 1 unspecified atom stereocenters. The standard InChI is InChI=1S/C18H27F9O2/c19-15(20,16(21,22)17(23,24)18(25,26)27)10-6-3-1-2-4-7-11-28-13-14-9-5-8-12-29-14/h14H,1-13H2. The van der Waals surface area contributed by atoms with Crippen LogP contribution in [-0.4, -0.2) is 49.9 Å². The molecule has 1 rings (SSSR count).